The average molecular weight is 343 g/mol. The molecule has 0 unspecified atom stereocenters. The monoisotopic (exact) mass is 343 g/mol. The first-order valence-corrected chi connectivity index (χ1v) is 8.79. The number of sulfonamides is 1. The fourth-order valence-electron chi connectivity index (χ4n) is 2.56. The van der Waals surface area contributed by atoms with Gasteiger partial charge < -0.3 is 10.1 Å². The number of nitrogens with zero attached hydrogens (tertiary/aromatic N) is 2. The van der Waals surface area contributed by atoms with Crippen molar-refractivity contribution in [1.82, 2.24) is 4.98 Å². The van der Waals surface area contributed by atoms with E-state index in [1.807, 2.05) is 32.0 Å². The Morgan fingerprint density at radius 3 is 2.54 bits per heavy atom. The zero-order valence-corrected chi connectivity index (χ0v) is 14.3. The lowest BCUT2D eigenvalue weighted by molar-refractivity contribution is 0.459. The third-order valence-corrected chi connectivity index (χ3v) is 5.16. The maximum Gasteiger partial charge on any atom is 0.300 e. The molecule has 1 aromatic heterocycles. The summed E-state index contributed by atoms with van der Waals surface area (Å²) in [7, 11) is -3.95. The summed E-state index contributed by atoms with van der Waals surface area (Å²) in [6, 6.07) is 10.6. The predicted octanol–water partition coefficient (Wildman–Crippen LogP) is 4.27. The van der Waals surface area contributed by atoms with Gasteiger partial charge in [0.15, 0.2) is 5.69 Å². The number of aromatic nitrogens is 1. The second-order valence-corrected chi connectivity index (χ2v) is 7.30. The molecule has 0 amide bonds. The number of rotatable bonds is 3. The van der Waals surface area contributed by atoms with E-state index in [1.54, 1.807) is 25.1 Å². The molecule has 0 fully saturated rings. The molecule has 0 aliphatic carbocycles. The lowest BCUT2D eigenvalue weighted by atomic mass is 10.1. The van der Waals surface area contributed by atoms with E-state index in [1.165, 1.54) is 0 Å². The fourth-order valence-corrected chi connectivity index (χ4v) is 3.65. The molecule has 0 saturated heterocycles. The maximum atomic E-state index is 12.5. The Morgan fingerprint density at radius 1 is 1.04 bits per heavy atom. The van der Waals surface area contributed by atoms with Crippen LogP contribution in [0.2, 0.25) is 0 Å². The molecule has 1 heterocycles. The van der Waals surface area contributed by atoms with Gasteiger partial charge in [-0.15, -0.1) is 5.11 Å². The van der Waals surface area contributed by atoms with Crippen LogP contribution < -0.4 is 0 Å². The van der Waals surface area contributed by atoms with Crippen molar-refractivity contribution < 1.29 is 13.5 Å². The number of aromatic hydroxyl groups is 1. The van der Waals surface area contributed by atoms with E-state index < -0.39 is 10.0 Å². The Balaban J connectivity index is 2.09. The average Bonchev–Trinajstić information content (AvgIpc) is 2.85. The molecule has 2 N–H and O–H groups in total. The van der Waals surface area contributed by atoms with E-state index in [4.69, 9.17) is 0 Å². The van der Waals surface area contributed by atoms with E-state index >= 15 is 0 Å². The Bertz CT molecular complexity index is 1070. The van der Waals surface area contributed by atoms with E-state index in [2.05, 4.69) is 14.6 Å². The Kier molecular flexibility index (Phi) is 3.88. The van der Waals surface area contributed by atoms with Crippen molar-refractivity contribution in [2.45, 2.75) is 25.7 Å². The molecular formula is C17H17N3O3S. The van der Waals surface area contributed by atoms with Gasteiger partial charge in [-0.1, -0.05) is 34.9 Å². The van der Waals surface area contributed by atoms with Gasteiger partial charge in [0.2, 0.25) is 5.88 Å². The number of benzene rings is 2. The minimum atomic E-state index is -3.95. The zero-order valence-electron chi connectivity index (χ0n) is 13.5. The summed E-state index contributed by atoms with van der Waals surface area (Å²) in [5, 5.41) is 14.4. The Morgan fingerprint density at radius 2 is 1.79 bits per heavy atom. The topological polar surface area (TPSA) is 94.9 Å². The Hall–Kier alpha value is -2.67. The van der Waals surface area contributed by atoms with E-state index in [9.17, 15) is 13.5 Å². The van der Waals surface area contributed by atoms with Crippen LogP contribution in [-0.4, -0.2) is 18.5 Å². The molecule has 6 nitrogen and oxygen atoms in total. The lowest BCUT2D eigenvalue weighted by Crippen LogP contribution is -1.99. The van der Waals surface area contributed by atoms with Crippen LogP contribution in [0.4, 0.5) is 5.69 Å². The van der Waals surface area contributed by atoms with Gasteiger partial charge >= 0.3 is 0 Å². The molecule has 0 spiro atoms. The fraction of sp³-hybridized carbons (Fsp3) is 0.176. The number of H-pyrrole nitrogens is 1. The van der Waals surface area contributed by atoms with Crippen LogP contribution in [0.15, 0.2) is 50.9 Å². The number of aryl methyl sites for hydroxylation is 3. The number of hydrogen-bond donors (Lipinski definition) is 2. The van der Waals surface area contributed by atoms with Crippen LogP contribution in [-0.2, 0) is 10.0 Å². The number of nitrogens with one attached hydrogen (secondary N) is 1. The summed E-state index contributed by atoms with van der Waals surface area (Å²) in [6.45, 7) is 5.39. The molecule has 0 saturated carbocycles. The van der Waals surface area contributed by atoms with Crippen LogP contribution in [0.25, 0.3) is 10.9 Å². The van der Waals surface area contributed by atoms with Crippen LogP contribution in [0, 0.1) is 20.8 Å². The maximum absolute atomic E-state index is 12.5. The number of fused-ring (bicyclic) bond motifs is 1. The number of hydrogen-bond acceptors (Lipinski definition) is 4. The van der Waals surface area contributed by atoms with Gasteiger partial charge in [0, 0.05) is 5.39 Å². The molecule has 24 heavy (non-hydrogen) atoms. The standard InChI is InChI=1S/C17H17N3O3S/c1-10-7-8-11(2)14(9-10)24(22,23)20-19-16-13-6-4-5-12(3)15(13)18-17(16)21/h4-9,18,21H,1-3H3. The minimum Gasteiger partial charge on any atom is -0.493 e. The van der Waals surface area contributed by atoms with Crippen LogP contribution in [0.3, 0.4) is 0 Å². The van der Waals surface area contributed by atoms with Crippen molar-refractivity contribution >= 4 is 26.6 Å². The van der Waals surface area contributed by atoms with Gasteiger partial charge in [0.25, 0.3) is 10.0 Å². The number of aromatic amines is 1. The molecule has 0 radical (unpaired) electrons. The van der Waals surface area contributed by atoms with Crippen molar-refractivity contribution in [1.29, 1.82) is 0 Å². The van der Waals surface area contributed by atoms with E-state index in [-0.39, 0.29) is 16.5 Å². The first-order chi connectivity index (χ1) is 11.3. The smallest absolute Gasteiger partial charge is 0.300 e. The molecule has 0 bridgehead atoms. The molecule has 0 atom stereocenters. The largest absolute Gasteiger partial charge is 0.493 e. The summed E-state index contributed by atoms with van der Waals surface area (Å²) in [5.41, 5.74) is 3.15. The molecule has 124 valence electrons. The summed E-state index contributed by atoms with van der Waals surface area (Å²) in [4.78, 5) is 2.91. The highest BCUT2D eigenvalue weighted by molar-refractivity contribution is 7.90. The molecule has 2 aromatic carbocycles. The van der Waals surface area contributed by atoms with Crippen molar-refractivity contribution in [3.63, 3.8) is 0 Å². The third kappa shape index (κ3) is 2.78. The molecule has 3 aromatic rings. The van der Waals surface area contributed by atoms with Gasteiger partial charge in [0.05, 0.1) is 10.4 Å². The van der Waals surface area contributed by atoms with Crippen LogP contribution >= 0.6 is 0 Å². The minimum absolute atomic E-state index is 0.113. The van der Waals surface area contributed by atoms with Crippen molar-refractivity contribution in [2.75, 3.05) is 0 Å². The second kappa shape index (κ2) is 5.76. The highest BCUT2D eigenvalue weighted by Crippen LogP contribution is 2.37. The predicted molar refractivity (Wildman–Crippen MR) is 92.3 cm³/mol. The SMILES string of the molecule is Cc1ccc(C)c(S(=O)(=O)N=Nc2c(O)[nH]c3c(C)cccc23)c1. The summed E-state index contributed by atoms with van der Waals surface area (Å²) < 4.78 is 28.5. The van der Waals surface area contributed by atoms with E-state index in [0.29, 0.717) is 16.5 Å². The quantitative estimate of drug-likeness (QED) is 0.695. The highest BCUT2D eigenvalue weighted by atomic mass is 32.2. The molecule has 0 aliphatic rings. The van der Waals surface area contributed by atoms with Gasteiger partial charge in [-0.25, -0.2) is 0 Å². The van der Waals surface area contributed by atoms with Crippen LogP contribution in [0.1, 0.15) is 16.7 Å². The lowest BCUT2D eigenvalue weighted by Gasteiger charge is -2.03. The second-order valence-electron chi connectivity index (χ2n) is 5.75. The molecule has 7 heteroatoms. The first kappa shape index (κ1) is 16.2. The zero-order chi connectivity index (χ0) is 17.5. The number of para-hydroxylation sites is 1. The van der Waals surface area contributed by atoms with E-state index in [0.717, 1.165) is 11.1 Å². The summed E-state index contributed by atoms with van der Waals surface area (Å²) >= 11 is 0. The van der Waals surface area contributed by atoms with Crippen LogP contribution in [0.5, 0.6) is 5.88 Å². The summed E-state index contributed by atoms with van der Waals surface area (Å²) in [6.07, 6.45) is 0. The van der Waals surface area contributed by atoms with Crippen molar-refractivity contribution in [3.05, 3.63) is 53.1 Å². The third-order valence-electron chi connectivity index (χ3n) is 3.87. The van der Waals surface area contributed by atoms with Crippen molar-refractivity contribution in [3.8, 4) is 5.88 Å². The van der Waals surface area contributed by atoms with Crippen molar-refractivity contribution in [2.24, 2.45) is 9.63 Å². The van der Waals surface area contributed by atoms with Gasteiger partial charge in [0.1, 0.15) is 0 Å². The first-order valence-electron chi connectivity index (χ1n) is 7.35. The summed E-state index contributed by atoms with van der Waals surface area (Å²) in [5.74, 6) is -0.209. The van der Waals surface area contributed by atoms with Gasteiger partial charge in [-0.05, 0) is 43.5 Å². The molecular weight excluding hydrogens is 326 g/mol. The molecule has 0 aliphatic heterocycles. The Labute approximate surface area is 139 Å². The normalized spacial score (nSPS) is 12.3. The van der Waals surface area contributed by atoms with Gasteiger partial charge in [-0.2, -0.15) is 8.42 Å². The highest BCUT2D eigenvalue weighted by Gasteiger charge is 2.18. The molecule has 3 rings (SSSR count). The van der Waals surface area contributed by atoms with Gasteiger partial charge in [-0.3, -0.25) is 0 Å².